The van der Waals surface area contributed by atoms with Crippen LogP contribution in [0.15, 0.2) is 72.8 Å². The summed E-state index contributed by atoms with van der Waals surface area (Å²) in [6.45, 7) is 6.44. The number of hydrogen-bond donors (Lipinski definition) is 0. The molecule has 0 amide bonds. The molecule has 0 bridgehead atoms. The van der Waals surface area contributed by atoms with Crippen molar-refractivity contribution in [1.29, 1.82) is 0 Å². The highest BCUT2D eigenvalue weighted by Crippen LogP contribution is 2.28. The van der Waals surface area contributed by atoms with E-state index in [-0.39, 0.29) is 17.7 Å². The zero-order chi connectivity index (χ0) is 21.6. The van der Waals surface area contributed by atoms with Crippen molar-refractivity contribution >= 4 is 5.69 Å². The number of hydrogen-bond acceptors (Lipinski definition) is 3. The second kappa shape index (κ2) is 9.92. The Bertz CT molecular complexity index is 967. The average molecular weight is 423 g/mol. The molecule has 0 N–H and O–H groups in total. The molecule has 1 aliphatic rings. The van der Waals surface area contributed by atoms with Crippen LogP contribution in [0.3, 0.4) is 0 Å². The molecular weight excluding hydrogens is 394 g/mol. The van der Waals surface area contributed by atoms with Crippen molar-refractivity contribution in [2.45, 2.75) is 19.4 Å². The molecule has 0 aliphatic carbocycles. The summed E-state index contributed by atoms with van der Waals surface area (Å²) in [5.74, 6) is 0.302. The first-order valence-corrected chi connectivity index (χ1v) is 10.8. The Morgan fingerprint density at radius 1 is 0.839 bits per heavy atom. The molecule has 1 atom stereocenters. The summed E-state index contributed by atoms with van der Waals surface area (Å²) in [7, 11) is 0. The lowest BCUT2D eigenvalue weighted by Crippen LogP contribution is -2.46. The molecule has 0 saturated carbocycles. The molecule has 1 unspecified atom stereocenters. The summed E-state index contributed by atoms with van der Waals surface area (Å²) < 4.78 is 33.9. The Hall–Kier alpha value is -2.92. The molecule has 3 aromatic carbocycles. The van der Waals surface area contributed by atoms with Gasteiger partial charge in [-0.2, -0.15) is 0 Å². The predicted molar refractivity (Wildman–Crippen MR) is 121 cm³/mol. The first-order valence-electron chi connectivity index (χ1n) is 10.8. The maximum absolute atomic E-state index is 14.5. The van der Waals surface area contributed by atoms with Gasteiger partial charge in [0.25, 0.3) is 0 Å². The van der Waals surface area contributed by atoms with E-state index in [2.05, 4.69) is 9.80 Å². The third-order valence-electron chi connectivity index (χ3n) is 5.82. The molecule has 31 heavy (non-hydrogen) atoms. The van der Waals surface area contributed by atoms with Gasteiger partial charge in [0.1, 0.15) is 23.5 Å². The predicted octanol–water partition coefficient (Wildman–Crippen LogP) is 5.61. The van der Waals surface area contributed by atoms with Crippen molar-refractivity contribution in [2.24, 2.45) is 0 Å². The number of benzene rings is 3. The zero-order valence-electron chi connectivity index (χ0n) is 17.8. The van der Waals surface area contributed by atoms with Gasteiger partial charge in [0.15, 0.2) is 0 Å². The quantitative estimate of drug-likeness (QED) is 0.493. The lowest BCUT2D eigenvalue weighted by atomic mass is 10.0. The summed E-state index contributed by atoms with van der Waals surface area (Å²) in [5.41, 5.74) is 2.80. The summed E-state index contributed by atoms with van der Waals surface area (Å²) in [6.07, 6.45) is 0.352. The maximum Gasteiger partial charge on any atom is 0.130 e. The summed E-state index contributed by atoms with van der Waals surface area (Å²) >= 11 is 0. The Morgan fingerprint density at radius 2 is 1.52 bits per heavy atom. The molecule has 1 aliphatic heterocycles. The van der Waals surface area contributed by atoms with Gasteiger partial charge in [-0.05, 0) is 49.4 Å². The number of rotatable bonds is 7. The fourth-order valence-electron chi connectivity index (χ4n) is 3.98. The molecule has 3 nitrogen and oxygen atoms in total. The van der Waals surface area contributed by atoms with E-state index in [4.69, 9.17) is 4.74 Å². The number of aryl methyl sites for hydroxylation is 1. The Kier molecular flexibility index (Phi) is 6.82. The van der Waals surface area contributed by atoms with Crippen molar-refractivity contribution in [2.75, 3.05) is 37.6 Å². The van der Waals surface area contributed by atoms with Crippen LogP contribution < -0.4 is 9.64 Å². The van der Waals surface area contributed by atoms with Crippen LogP contribution in [0, 0.1) is 18.6 Å². The second-order valence-corrected chi connectivity index (χ2v) is 8.03. The van der Waals surface area contributed by atoms with Crippen molar-refractivity contribution in [1.82, 2.24) is 4.90 Å². The minimum absolute atomic E-state index is 0.213. The smallest absolute Gasteiger partial charge is 0.130 e. The van der Waals surface area contributed by atoms with Crippen LogP contribution in [0.4, 0.5) is 14.5 Å². The highest BCUT2D eigenvalue weighted by atomic mass is 19.1. The van der Waals surface area contributed by atoms with E-state index in [1.165, 1.54) is 18.2 Å². The van der Waals surface area contributed by atoms with Crippen molar-refractivity contribution < 1.29 is 13.5 Å². The van der Waals surface area contributed by atoms with Gasteiger partial charge in [0.05, 0.1) is 0 Å². The van der Waals surface area contributed by atoms with E-state index < -0.39 is 0 Å². The zero-order valence-corrected chi connectivity index (χ0v) is 17.8. The van der Waals surface area contributed by atoms with Crippen LogP contribution in [-0.4, -0.2) is 37.6 Å². The van der Waals surface area contributed by atoms with Crippen molar-refractivity contribution in [3.05, 3.63) is 95.6 Å². The molecule has 5 heteroatoms. The summed E-state index contributed by atoms with van der Waals surface area (Å²) in [6, 6.07) is 21.4. The number of ether oxygens (including phenoxy) is 1. The van der Waals surface area contributed by atoms with Gasteiger partial charge >= 0.3 is 0 Å². The fraction of sp³-hybridized carbons (Fsp3) is 0.308. The van der Waals surface area contributed by atoms with Gasteiger partial charge < -0.3 is 9.64 Å². The van der Waals surface area contributed by atoms with E-state index in [9.17, 15) is 8.78 Å². The van der Waals surface area contributed by atoms with Gasteiger partial charge in [-0.25, -0.2) is 8.78 Å². The molecule has 1 saturated heterocycles. The SMILES string of the molecule is Cc1ccc(OC(CCN2CCN(c3ccc(F)cc3)CC2)c2ccccc2F)cc1. The molecule has 0 radical (unpaired) electrons. The van der Waals surface area contributed by atoms with E-state index in [1.807, 2.05) is 49.4 Å². The highest BCUT2D eigenvalue weighted by Gasteiger charge is 2.22. The molecule has 0 aromatic heterocycles. The topological polar surface area (TPSA) is 15.7 Å². The van der Waals surface area contributed by atoms with Crippen LogP contribution in [0.1, 0.15) is 23.7 Å². The van der Waals surface area contributed by atoms with E-state index >= 15 is 0 Å². The highest BCUT2D eigenvalue weighted by molar-refractivity contribution is 5.46. The monoisotopic (exact) mass is 422 g/mol. The van der Waals surface area contributed by atoms with Gasteiger partial charge in [0.2, 0.25) is 0 Å². The lowest BCUT2D eigenvalue weighted by Gasteiger charge is -2.36. The Balaban J connectivity index is 1.38. The second-order valence-electron chi connectivity index (χ2n) is 8.03. The van der Waals surface area contributed by atoms with E-state index in [1.54, 1.807) is 12.1 Å². The van der Waals surface area contributed by atoms with Gasteiger partial charge in [-0.3, -0.25) is 4.90 Å². The van der Waals surface area contributed by atoms with Crippen LogP contribution in [0.5, 0.6) is 5.75 Å². The van der Waals surface area contributed by atoms with Crippen LogP contribution >= 0.6 is 0 Å². The van der Waals surface area contributed by atoms with Gasteiger partial charge in [-0.15, -0.1) is 0 Å². The first-order chi connectivity index (χ1) is 15.1. The molecule has 1 fully saturated rings. The molecule has 4 rings (SSSR count). The van der Waals surface area contributed by atoms with Crippen molar-refractivity contribution in [3.8, 4) is 5.75 Å². The average Bonchev–Trinajstić information content (AvgIpc) is 2.79. The molecule has 1 heterocycles. The minimum atomic E-state index is -0.348. The third-order valence-corrected chi connectivity index (χ3v) is 5.82. The number of nitrogens with zero attached hydrogens (tertiary/aromatic N) is 2. The maximum atomic E-state index is 14.5. The van der Waals surface area contributed by atoms with Gasteiger partial charge in [-0.1, -0.05) is 35.9 Å². The Morgan fingerprint density at radius 3 is 2.19 bits per heavy atom. The van der Waals surface area contributed by atoms with Crippen LogP contribution in [-0.2, 0) is 0 Å². The van der Waals surface area contributed by atoms with E-state index in [0.29, 0.717) is 12.0 Å². The standard InChI is InChI=1S/C26H28F2N2O/c1-20-6-12-23(13-7-20)31-26(24-4-2-3-5-25(24)28)14-15-29-16-18-30(19-17-29)22-10-8-21(27)9-11-22/h2-13,26H,14-19H2,1H3. The minimum Gasteiger partial charge on any atom is -0.486 e. The normalized spacial score (nSPS) is 15.6. The molecule has 3 aromatic rings. The largest absolute Gasteiger partial charge is 0.486 e. The summed E-state index contributed by atoms with van der Waals surface area (Å²) in [5, 5.41) is 0. The van der Waals surface area contributed by atoms with Crippen molar-refractivity contribution in [3.63, 3.8) is 0 Å². The molecule has 0 spiro atoms. The Labute approximate surface area is 182 Å². The summed E-state index contributed by atoms with van der Waals surface area (Å²) in [4.78, 5) is 4.65. The molecule has 162 valence electrons. The first kappa shape index (κ1) is 21.3. The van der Waals surface area contributed by atoms with Crippen LogP contribution in [0.25, 0.3) is 0 Å². The number of piperazine rings is 1. The van der Waals surface area contributed by atoms with Gasteiger partial charge in [0, 0.05) is 50.4 Å². The van der Waals surface area contributed by atoms with Crippen LogP contribution in [0.2, 0.25) is 0 Å². The lowest BCUT2D eigenvalue weighted by molar-refractivity contribution is 0.157. The fourth-order valence-corrected chi connectivity index (χ4v) is 3.98. The van der Waals surface area contributed by atoms with E-state index in [0.717, 1.165) is 49.7 Å². The molecular formula is C26H28F2N2O. The third kappa shape index (κ3) is 5.61. The number of anilines is 1. The number of halogens is 2.